The van der Waals surface area contributed by atoms with Gasteiger partial charge in [0.1, 0.15) is 0 Å². The van der Waals surface area contributed by atoms with Crippen molar-refractivity contribution in [1.82, 2.24) is 9.80 Å². The van der Waals surface area contributed by atoms with Crippen molar-refractivity contribution in [2.24, 2.45) is 5.73 Å². The summed E-state index contributed by atoms with van der Waals surface area (Å²) in [4.78, 5) is 16.9. The second-order valence-corrected chi connectivity index (χ2v) is 6.24. The SMILES string of the molecule is NC(Cc1ccccc1)C(=O)N1CCN(C2CCC2)CC1. The molecule has 1 aromatic carbocycles. The minimum Gasteiger partial charge on any atom is -0.339 e. The molecule has 0 radical (unpaired) electrons. The van der Waals surface area contributed by atoms with Gasteiger partial charge < -0.3 is 10.6 Å². The highest BCUT2D eigenvalue weighted by Gasteiger charge is 2.30. The standard InChI is InChI=1S/C17H25N3O/c18-16(13-14-5-2-1-3-6-14)17(21)20-11-9-19(10-12-20)15-7-4-8-15/h1-3,5-6,15-16H,4,7-13,18H2. The van der Waals surface area contributed by atoms with Gasteiger partial charge in [-0.2, -0.15) is 0 Å². The van der Waals surface area contributed by atoms with Crippen molar-refractivity contribution in [1.29, 1.82) is 0 Å². The van der Waals surface area contributed by atoms with Gasteiger partial charge in [-0.3, -0.25) is 9.69 Å². The van der Waals surface area contributed by atoms with Gasteiger partial charge >= 0.3 is 0 Å². The van der Waals surface area contributed by atoms with Crippen molar-refractivity contribution in [3.8, 4) is 0 Å². The lowest BCUT2D eigenvalue weighted by molar-refractivity contribution is -0.134. The first-order valence-electron chi connectivity index (χ1n) is 8.06. The highest BCUT2D eigenvalue weighted by Crippen LogP contribution is 2.25. The summed E-state index contributed by atoms with van der Waals surface area (Å²) in [5, 5.41) is 0. The summed E-state index contributed by atoms with van der Waals surface area (Å²) < 4.78 is 0. The zero-order valence-electron chi connectivity index (χ0n) is 12.6. The van der Waals surface area contributed by atoms with Crippen molar-refractivity contribution < 1.29 is 4.79 Å². The second-order valence-electron chi connectivity index (χ2n) is 6.24. The monoisotopic (exact) mass is 287 g/mol. The van der Waals surface area contributed by atoms with Gasteiger partial charge in [-0.1, -0.05) is 36.8 Å². The van der Waals surface area contributed by atoms with E-state index in [-0.39, 0.29) is 5.91 Å². The first-order chi connectivity index (χ1) is 10.2. The lowest BCUT2D eigenvalue weighted by atomic mass is 9.91. The van der Waals surface area contributed by atoms with Crippen molar-refractivity contribution >= 4 is 5.91 Å². The molecule has 2 fully saturated rings. The van der Waals surface area contributed by atoms with E-state index in [4.69, 9.17) is 5.73 Å². The number of carbonyl (C=O) groups is 1. The van der Waals surface area contributed by atoms with E-state index in [1.165, 1.54) is 19.3 Å². The van der Waals surface area contributed by atoms with Crippen molar-refractivity contribution in [2.45, 2.75) is 37.8 Å². The molecule has 1 aliphatic carbocycles. The normalized spacial score (nSPS) is 21.9. The molecule has 1 unspecified atom stereocenters. The Morgan fingerprint density at radius 3 is 2.38 bits per heavy atom. The van der Waals surface area contributed by atoms with Gasteiger partial charge in [-0.15, -0.1) is 0 Å². The highest BCUT2D eigenvalue weighted by atomic mass is 16.2. The smallest absolute Gasteiger partial charge is 0.239 e. The Kier molecular flexibility index (Phi) is 4.56. The third kappa shape index (κ3) is 3.44. The molecule has 4 nitrogen and oxygen atoms in total. The molecule has 21 heavy (non-hydrogen) atoms. The highest BCUT2D eigenvalue weighted by molar-refractivity contribution is 5.82. The van der Waals surface area contributed by atoms with Crippen LogP contribution in [0.2, 0.25) is 0 Å². The summed E-state index contributed by atoms with van der Waals surface area (Å²) in [7, 11) is 0. The number of carbonyl (C=O) groups excluding carboxylic acids is 1. The van der Waals surface area contributed by atoms with Gasteiger partial charge in [0.15, 0.2) is 0 Å². The second kappa shape index (κ2) is 6.58. The predicted octanol–water partition coefficient (Wildman–Crippen LogP) is 1.25. The molecule has 114 valence electrons. The van der Waals surface area contributed by atoms with Crippen molar-refractivity contribution in [3.05, 3.63) is 35.9 Å². The van der Waals surface area contributed by atoms with Crippen LogP contribution in [0.3, 0.4) is 0 Å². The number of piperazine rings is 1. The summed E-state index contributed by atoms with van der Waals surface area (Å²) in [5.41, 5.74) is 7.24. The molecule has 0 spiro atoms. The van der Waals surface area contributed by atoms with Gasteiger partial charge in [0.25, 0.3) is 0 Å². The van der Waals surface area contributed by atoms with Crippen LogP contribution in [-0.4, -0.2) is 54.0 Å². The first-order valence-corrected chi connectivity index (χ1v) is 8.06. The summed E-state index contributed by atoms with van der Waals surface area (Å²) in [6.45, 7) is 3.68. The number of hydrogen-bond donors (Lipinski definition) is 1. The maximum Gasteiger partial charge on any atom is 0.239 e. The molecule has 3 rings (SSSR count). The van der Waals surface area contributed by atoms with E-state index in [2.05, 4.69) is 4.90 Å². The average molecular weight is 287 g/mol. The van der Waals surface area contributed by atoms with Gasteiger partial charge in [-0.05, 0) is 24.8 Å². The number of benzene rings is 1. The predicted molar refractivity (Wildman–Crippen MR) is 83.9 cm³/mol. The maximum absolute atomic E-state index is 12.4. The summed E-state index contributed by atoms with van der Waals surface area (Å²) in [5.74, 6) is 0.104. The van der Waals surface area contributed by atoms with Crippen LogP contribution in [0, 0.1) is 0 Å². The van der Waals surface area contributed by atoms with E-state index in [0.717, 1.165) is 37.8 Å². The fourth-order valence-corrected chi connectivity index (χ4v) is 3.25. The fraction of sp³-hybridized carbons (Fsp3) is 0.588. The van der Waals surface area contributed by atoms with Crippen LogP contribution in [0.4, 0.5) is 0 Å². The molecule has 2 aliphatic rings. The van der Waals surface area contributed by atoms with E-state index in [1.54, 1.807) is 0 Å². The topological polar surface area (TPSA) is 49.6 Å². The average Bonchev–Trinajstić information content (AvgIpc) is 2.46. The Bertz CT molecular complexity index is 464. The van der Waals surface area contributed by atoms with E-state index >= 15 is 0 Å². The van der Waals surface area contributed by atoms with E-state index in [9.17, 15) is 4.79 Å². The van der Waals surface area contributed by atoms with Crippen LogP contribution in [0.5, 0.6) is 0 Å². The van der Waals surface area contributed by atoms with Gasteiger partial charge in [-0.25, -0.2) is 0 Å². The van der Waals surface area contributed by atoms with Gasteiger partial charge in [0.05, 0.1) is 6.04 Å². The summed E-state index contributed by atoms with van der Waals surface area (Å²) >= 11 is 0. The van der Waals surface area contributed by atoms with Crippen molar-refractivity contribution in [2.75, 3.05) is 26.2 Å². The van der Waals surface area contributed by atoms with Crippen molar-refractivity contribution in [3.63, 3.8) is 0 Å². The maximum atomic E-state index is 12.4. The molecule has 1 aliphatic heterocycles. The molecule has 2 N–H and O–H groups in total. The minimum atomic E-state index is -0.414. The van der Waals surface area contributed by atoms with Gasteiger partial charge in [0.2, 0.25) is 5.91 Å². The molecule has 0 bridgehead atoms. The zero-order valence-corrected chi connectivity index (χ0v) is 12.6. The molecule has 1 saturated heterocycles. The number of nitrogens with zero attached hydrogens (tertiary/aromatic N) is 2. The number of rotatable bonds is 4. The lowest BCUT2D eigenvalue weighted by Gasteiger charge is -2.43. The van der Waals surface area contributed by atoms with Crippen LogP contribution in [0.15, 0.2) is 30.3 Å². The molecular formula is C17H25N3O. The minimum absolute atomic E-state index is 0.104. The zero-order chi connectivity index (χ0) is 14.7. The largest absolute Gasteiger partial charge is 0.339 e. The van der Waals surface area contributed by atoms with Gasteiger partial charge in [0, 0.05) is 32.2 Å². The third-order valence-corrected chi connectivity index (χ3v) is 4.83. The van der Waals surface area contributed by atoms with Crippen LogP contribution in [-0.2, 0) is 11.2 Å². The van der Waals surface area contributed by atoms with Crippen LogP contribution in [0.25, 0.3) is 0 Å². The summed E-state index contributed by atoms with van der Waals surface area (Å²) in [6, 6.07) is 10.4. The fourth-order valence-electron chi connectivity index (χ4n) is 3.25. The van der Waals surface area contributed by atoms with Crippen LogP contribution >= 0.6 is 0 Å². The Labute approximate surface area is 126 Å². The van der Waals surface area contributed by atoms with E-state index < -0.39 is 6.04 Å². The Morgan fingerprint density at radius 2 is 1.81 bits per heavy atom. The quantitative estimate of drug-likeness (QED) is 0.907. The number of nitrogens with two attached hydrogens (primary N) is 1. The van der Waals surface area contributed by atoms with E-state index in [1.807, 2.05) is 35.2 Å². The Morgan fingerprint density at radius 1 is 1.14 bits per heavy atom. The van der Waals surface area contributed by atoms with Crippen LogP contribution in [0.1, 0.15) is 24.8 Å². The molecule has 0 aromatic heterocycles. The Balaban J connectivity index is 1.49. The van der Waals surface area contributed by atoms with E-state index in [0.29, 0.717) is 6.42 Å². The molecular weight excluding hydrogens is 262 g/mol. The number of amides is 1. The first kappa shape index (κ1) is 14.5. The molecule has 4 heteroatoms. The molecule has 1 aromatic rings. The Hall–Kier alpha value is -1.39. The molecule has 1 heterocycles. The lowest BCUT2D eigenvalue weighted by Crippen LogP contribution is -2.56. The van der Waals surface area contributed by atoms with Crippen LogP contribution < -0.4 is 5.73 Å². The number of hydrogen-bond acceptors (Lipinski definition) is 3. The molecule has 1 saturated carbocycles. The third-order valence-electron chi connectivity index (χ3n) is 4.83. The molecule has 1 atom stereocenters. The summed E-state index contributed by atoms with van der Waals surface area (Å²) in [6.07, 6.45) is 4.66. The molecule has 1 amide bonds.